The van der Waals surface area contributed by atoms with Crippen LogP contribution in [0.1, 0.15) is 54.4 Å². The number of hydrogen-bond acceptors (Lipinski definition) is 8. The van der Waals surface area contributed by atoms with Crippen LogP contribution in [0.25, 0.3) is 0 Å². The number of piperidine rings is 1. The molecule has 1 aliphatic carbocycles. The molecule has 3 rings (SSSR count). The van der Waals surface area contributed by atoms with E-state index in [1.165, 1.54) is 4.90 Å². The molecule has 1 spiro atoms. The van der Waals surface area contributed by atoms with Crippen molar-refractivity contribution in [3.63, 3.8) is 0 Å². The Balaban J connectivity index is 2.06. The maximum atomic E-state index is 12.9. The van der Waals surface area contributed by atoms with Crippen molar-refractivity contribution in [2.75, 3.05) is 26.2 Å². The summed E-state index contributed by atoms with van der Waals surface area (Å²) < 4.78 is 11.1. The number of nitriles is 3. The molecule has 1 saturated heterocycles. The summed E-state index contributed by atoms with van der Waals surface area (Å²) in [6, 6.07) is 6.39. The van der Waals surface area contributed by atoms with Gasteiger partial charge in [0, 0.05) is 37.5 Å². The van der Waals surface area contributed by atoms with E-state index in [4.69, 9.17) is 15.2 Å². The number of carbonyl (C=O) groups is 2. The number of ether oxygens (including phenoxy) is 2. The highest BCUT2D eigenvalue weighted by atomic mass is 16.6. The number of amides is 2. The van der Waals surface area contributed by atoms with Crippen LogP contribution in [0.4, 0.5) is 9.59 Å². The van der Waals surface area contributed by atoms with Gasteiger partial charge >= 0.3 is 12.2 Å². The lowest BCUT2D eigenvalue weighted by Crippen LogP contribution is -2.61. The van der Waals surface area contributed by atoms with E-state index in [-0.39, 0.29) is 50.3 Å². The van der Waals surface area contributed by atoms with Crippen LogP contribution in [-0.4, -0.2) is 59.4 Å². The standard InChI is InChI=1S/C26H34N6O4/c1-23(2,3)35-21(33)31-11-8-25(9-12-31)19-14-32(22(34)36-24(4,5)6)10-7-17(19)18(13-27)20(30)26(25,15-28)16-29/h7,19H,8-12,14,30H2,1-6H3/t19-/m1/s1. The maximum absolute atomic E-state index is 12.9. The predicted octanol–water partition coefficient (Wildman–Crippen LogP) is 3.58. The predicted molar refractivity (Wildman–Crippen MR) is 129 cm³/mol. The van der Waals surface area contributed by atoms with Gasteiger partial charge in [-0.25, -0.2) is 9.59 Å². The molecule has 192 valence electrons. The molecule has 1 fully saturated rings. The van der Waals surface area contributed by atoms with Gasteiger partial charge in [-0.05, 0) is 60.0 Å². The van der Waals surface area contributed by atoms with Crippen molar-refractivity contribution in [1.82, 2.24) is 9.80 Å². The minimum atomic E-state index is -1.79. The van der Waals surface area contributed by atoms with Crippen LogP contribution >= 0.6 is 0 Å². The first-order valence-electron chi connectivity index (χ1n) is 12.0. The van der Waals surface area contributed by atoms with E-state index in [0.29, 0.717) is 5.57 Å². The van der Waals surface area contributed by atoms with Crippen molar-refractivity contribution in [2.45, 2.75) is 65.6 Å². The van der Waals surface area contributed by atoms with Crippen molar-refractivity contribution in [3.8, 4) is 18.2 Å². The molecule has 0 unspecified atom stereocenters. The normalized spacial score (nSPS) is 23.0. The first-order chi connectivity index (χ1) is 16.6. The zero-order valence-electron chi connectivity index (χ0n) is 21.8. The molecule has 0 bridgehead atoms. The fraction of sp³-hybridized carbons (Fsp3) is 0.654. The second-order valence-corrected chi connectivity index (χ2v) is 11.6. The van der Waals surface area contributed by atoms with Crippen LogP contribution in [0.3, 0.4) is 0 Å². The largest absolute Gasteiger partial charge is 0.444 e. The third kappa shape index (κ3) is 4.46. The molecule has 2 N–H and O–H groups in total. The van der Waals surface area contributed by atoms with Crippen molar-refractivity contribution >= 4 is 12.2 Å². The number of likely N-dealkylation sites (tertiary alicyclic amines) is 1. The van der Waals surface area contributed by atoms with Gasteiger partial charge in [-0.2, -0.15) is 15.8 Å². The number of allylic oxidation sites excluding steroid dienone is 2. The van der Waals surface area contributed by atoms with Crippen LogP contribution in [0.2, 0.25) is 0 Å². The Bertz CT molecular complexity index is 1110. The van der Waals surface area contributed by atoms with Crippen molar-refractivity contribution in [3.05, 3.63) is 22.9 Å². The molecule has 10 heteroatoms. The maximum Gasteiger partial charge on any atom is 0.410 e. The molecule has 0 radical (unpaired) electrons. The summed E-state index contributed by atoms with van der Waals surface area (Å²) in [5.41, 5.74) is 2.94. The third-order valence-electron chi connectivity index (χ3n) is 7.09. The quantitative estimate of drug-likeness (QED) is 0.535. The average Bonchev–Trinajstić information content (AvgIpc) is 2.78. The topological polar surface area (TPSA) is 156 Å². The highest BCUT2D eigenvalue weighted by molar-refractivity contribution is 5.70. The van der Waals surface area contributed by atoms with Gasteiger partial charge in [-0.3, -0.25) is 0 Å². The highest BCUT2D eigenvalue weighted by Crippen LogP contribution is 2.61. The van der Waals surface area contributed by atoms with Crippen LogP contribution in [0.15, 0.2) is 22.9 Å². The number of hydrogen-bond donors (Lipinski definition) is 1. The summed E-state index contributed by atoms with van der Waals surface area (Å²) in [5.74, 6) is -0.513. The van der Waals surface area contributed by atoms with Gasteiger partial charge in [0.25, 0.3) is 0 Å². The van der Waals surface area contributed by atoms with E-state index < -0.39 is 40.1 Å². The summed E-state index contributed by atoms with van der Waals surface area (Å²) in [6.07, 6.45) is 1.33. The fourth-order valence-electron chi connectivity index (χ4n) is 5.47. The molecule has 10 nitrogen and oxygen atoms in total. The molecule has 0 saturated carbocycles. The fourth-order valence-corrected chi connectivity index (χ4v) is 5.47. The van der Waals surface area contributed by atoms with Gasteiger partial charge in [0.2, 0.25) is 0 Å². The molecule has 2 heterocycles. The van der Waals surface area contributed by atoms with Gasteiger partial charge in [0.1, 0.15) is 17.3 Å². The smallest absolute Gasteiger partial charge is 0.410 e. The lowest BCUT2D eigenvalue weighted by atomic mass is 9.47. The van der Waals surface area contributed by atoms with Gasteiger partial charge in [0.15, 0.2) is 5.41 Å². The zero-order valence-corrected chi connectivity index (χ0v) is 21.8. The molecule has 0 aromatic carbocycles. The Morgan fingerprint density at radius 3 is 1.92 bits per heavy atom. The lowest BCUT2D eigenvalue weighted by Gasteiger charge is -2.56. The Kier molecular flexibility index (Phi) is 6.77. The Morgan fingerprint density at radius 2 is 1.47 bits per heavy atom. The second kappa shape index (κ2) is 9.06. The number of nitrogens with two attached hydrogens (primary N) is 1. The van der Waals surface area contributed by atoms with Crippen molar-refractivity contribution in [2.24, 2.45) is 22.5 Å². The molecule has 2 amide bonds. The summed E-state index contributed by atoms with van der Waals surface area (Å²) in [7, 11) is 0. The van der Waals surface area contributed by atoms with Gasteiger partial charge < -0.3 is 25.0 Å². The van der Waals surface area contributed by atoms with Gasteiger partial charge in [-0.1, -0.05) is 6.08 Å². The molecular weight excluding hydrogens is 460 g/mol. The van der Waals surface area contributed by atoms with E-state index in [1.54, 1.807) is 52.5 Å². The van der Waals surface area contributed by atoms with E-state index in [9.17, 15) is 25.4 Å². The van der Waals surface area contributed by atoms with Crippen molar-refractivity contribution in [1.29, 1.82) is 15.8 Å². The first-order valence-corrected chi connectivity index (χ1v) is 12.0. The first kappa shape index (κ1) is 26.9. The van der Waals surface area contributed by atoms with E-state index in [1.807, 2.05) is 0 Å². The van der Waals surface area contributed by atoms with Gasteiger partial charge in [0.05, 0.1) is 23.4 Å². The Hall–Kier alpha value is -3.71. The van der Waals surface area contributed by atoms with E-state index >= 15 is 0 Å². The molecule has 2 aliphatic heterocycles. The summed E-state index contributed by atoms with van der Waals surface area (Å²) in [4.78, 5) is 28.7. The zero-order chi connectivity index (χ0) is 27.1. The van der Waals surface area contributed by atoms with Crippen LogP contribution in [0.5, 0.6) is 0 Å². The Morgan fingerprint density at radius 1 is 0.972 bits per heavy atom. The Labute approximate surface area is 212 Å². The van der Waals surface area contributed by atoms with Crippen LogP contribution in [-0.2, 0) is 9.47 Å². The molecule has 0 aromatic rings. The van der Waals surface area contributed by atoms with Crippen molar-refractivity contribution < 1.29 is 19.1 Å². The number of nitrogens with zero attached hydrogens (tertiary/aromatic N) is 5. The minimum Gasteiger partial charge on any atom is -0.444 e. The minimum absolute atomic E-state index is 0.0612. The van der Waals surface area contributed by atoms with E-state index in [0.717, 1.165) is 0 Å². The molecule has 3 aliphatic rings. The monoisotopic (exact) mass is 494 g/mol. The third-order valence-corrected chi connectivity index (χ3v) is 7.09. The molecule has 0 aromatic heterocycles. The highest BCUT2D eigenvalue weighted by Gasteiger charge is 2.64. The number of rotatable bonds is 0. The molecule has 1 atom stereocenters. The molecule has 36 heavy (non-hydrogen) atoms. The summed E-state index contributed by atoms with van der Waals surface area (Å²) in [5, 5.41) is 30.7. The van der Waals surface area contributed by atoms with Crippen LogP contribution in [0, 0.1) is 50.7 Å². The molecular formula is C26H34N6O4. The summed E-state index contributed by atoms with van der Waals surface area (Å²) >= 11 is 0. The van der Waals surface area contributed by atoms with E-state index in [2.05, 4.69) is 18.2 Å². The average molecular weight is 495 g/mol. The summed E-state index contributed by atoms with van der Waals surface area (Å²) in [6.45, 7) is 11.5. The number of fused-ring (bicyclic) bond motifs is 2. The SMILES string of the molecule is CC(C)(C)OC(=O)N1CCC2(CC1)[C@@H]1CN(C(=O)OC(C)(C)C)CC=C1C(C#N)=C(N)C2(C#N)C#N. The van der Waals surface area contributed by atoms with Gasteiger partial charge in [-0.15, -0.1) is 0 Å². The number of carbonyl (C=O) groups excluding carboxylic acids is 2. The second-order valence-electron chi connectivity index (χ2n) is 11.6. The van der Waals surface area contributed by atoms with Crippen LogP contribution < -0.4 is 5.73 Å². The lowest BCUT2D eigenvalue weighted by molar-refractivity contribution is -0.0292.